The lowest BCUT2D eigenvalue weighted by Crippen LogP contribution is -2.53. The van der Waals surface area contributed by atoms with E-state index in [0.29, 0.717) is 31.9 Å². The van der Waals surface area contributed by atoms with Crippen molar-refractivity contribution in [2.75, 3.05) is 26.4 Å². The lowest BCUT2D eigenvalue weighted by Gasteiger charge is -2.38. The maximum absolute atomic E-state index is 13.1. The van der Waals surface area contributed by atoms with Crippen LogP contribution in [0.5, 0.6) is 5.75 Å². The number of ether oxygens (including phenoxy) is 2. The predicted molar refractivity (Wildman–Crippen MR) is 125 cm³/mol. The summed E-state index contributed by atoms with van der Waals surface area (Å²) in [5.41, 5.74) is 1.50. The molecule has 172 valence electrons. The normalized spacial score (nSPS) is 16.2. The number of amides is 2. The van der Waals surface area contributed by atoms with E-state index in [1.165, 1.54) is 5.56 Å². The molecule has 1 heterocycles. The average Bonchev–Trinajstić information content (AvgIpc) is 2.82. The molecule has 2 aromatic rings. The monoisotopic (exact) mass is 438 g/mol. The Kier molecular flexibility index (Phi) is 8.28. The van der Waals surface area contributed by atoms with E-state index in [2.05, 4.69) is 22.8 Å². The summed E-state index contributed by atoms with van der Waals surface area (Å²) in [4.78, 5) is 25.7. The molecule has 0 aliphatic carbocycles. The summed E-state index contributed by atoms with van der Waals surface area (Å²) in [5, 5.41) is 6.03. The summed E-state index contributed by atoms with van der Waals surface area (Å²) >= 11 is 0. The second kappa shape index (κ2) is 11.1. The van der Waals surface area contributed by atoms with Crippen LogP contribution < -0.4 is 15.4 Å². The number of hydrogen-bond donors (Lipinski definition) is 2. The van der Waals surface area contributed by atoms with Gasteiger partial charge in [-0.05, 0) is 55.5 Å². The van der Waals surface area contributed by atoms with Crippen LogP contribution in [0.3, 0.4) is 0 Å². The van der Waals surface area contributed by atoms with Gasteiger partial charge in [-0.25, -0.2) is 0 Å². The Balaban J connectivity index is 1.71. The Bertz CT molecular complexity index is 874. The lowest BCUT2D eigenvalue weighted by molar-refractivity contribution is -0.124. The molecule has 2 aromatic carbocycles. The molecule has 0 spiro atoms. The molecule has 1 saturated heterocycles. The highest BCUT2D eigenvalue weighted by Gasteiger charge is 2.36. The standard InChI is InChI=1S/C26H34N2O4/c1-4-32-22-12-10-21(11-13-22)26(14-16-31-17-15-26)18-27-25(30)23(19(2)3)28-24(29)20-8-6-5-7-9-20/h5-13,19,23H,4,14-18H2,1-3H3,(H,27,30)(H,28,29). The van der Waals surface area contributed by atoms with Gasteiger partial charge in [-0.15, -0.1) is 0 Å². The topological polar surface area (TPSA) is 76.7 Å². The minimum atomic E-state index is -0.611. The summed E-state index contributed by atoms with van der Waals surface area (Å²) in [6, 6.07) is 16.5. The first-order valence-electron chi connectivity index (χ1n) is 11.4. The van der Waals surface area contributed by atoms with Crippen LogP contribution in [-0.4, -0.2) is 44.2 Å². The summed E-state index contributed by atoms with van der Waals surface area (Å²) < 4.78 is 11.2. The third-order valence-corrected chi connectivity index (χ3v) is 6.10. The molecule has 0 bridgehead atoms. The van der Waals surface area contributed by atoms with Crippen LogP contribution in [0.15, 0.2) is 54.6 Å². The highest BCUT2D eigenvalue weighted by atomic mass is 16.5. The molecule has 6 heteroatoms. The van der Waals surface area contributed by atoms with Crippen molar-refractivity contribution in [3.05, 3.63) is 65.7 Å². The fourth-order valence-electron chi connectivity index (χ4n) is 4.12. The first-order valence-corrected chi connectivity index (χ1v) is 11.4. The number of benzene rings is 2. The smallest absolute Gasteiger partial charge is 0.251 e. The molecule has 1 atom stereocenters. The van der Waals surface area contributed by atoms with E-state index in [-0.39, 0.29) is 23.1 Å². The van der Waals surface area contributed by atoms with Crippen LogP contribution in [0.2, 0.25) is 0 Å². The van der Waals surface area contributed by atoms with E-state index in [1.54, 1.807) is 12.1 Å². The second-order valence-electron chi connectivity index (χ2n) is 8.63. The largest absolute Gasteiger partial charge is 0.494 e. The molecule has 1 aliphatic rings. The Labute approximate surface area is 190 Å². The minimum Gasteiger partial charge on any atom is -0.494 e. The quantitative estimate of drug-likeness (QED) is 0.626. The van der Waals surface area contributed by atoms with Crippen molar-refractivity contribution in [2.45, 2.75) is 45.1 Å². The Morgan fingerprint density at radius 2 is 1.69 bits per heavy atom. The number of carbonyl (C=O) groups is 2. The molecule has 3 rings (SSSR count). The molecule has 6 nitrogen and oxygen atoms in total. The van der Waals surface area contributed by atoms with Gasteiger partial charge in [0.05, 0.1) is 6.61 Å². The van der Waals surface area contributed by atoms with Crippen LogP contribution in [0.1, 0.15) is 49.5 Å². The summed E-state index contributed by atoms with van der Waals surface area (Å²) in [7, 11) is 0. The molecule has 2 amide bonds. The van der Waals surface area contributed by atoms with E-state index in [0.717, 1.165) is 18.6 Å². The third kappa shape index (κ3) is 5.88. The van der Waals surface area contributed by atoms with E-state index in [9.17, 15) is 9.59 Å². The first kappa shape index (κ1) is 23.8. The SMILES string of the molecule is CCOc1ccc(C2(CNC(=O)C(NC(=O)c3ccccc3)C(C)C)CCOCC2)cc1. The van der Waals surface area contributed by atoms with Crippen LogP contribution >= 0.6 is 0 Å². The Hall–Kier alpha value is -2.86. The van der Waals surface area contributed by atoms with Crippen molar-refractivity contribution < 1.29 is 19.1 Å². The number of hydrogen-bond acceptors (Lipinski definition) is 4. The number of nitrogens with one attached hydrogen (secondary N) is 2. The Morgan fingerprint density at radius 3 is 2.28 bits per heavy atom. The van der Waals surface area contributed by atoms with E-state index in [4.69, 9.17) is 9.47 Å². The van der Waals surface area contributed by atoms with Crippen molar-refractivity contribution >= 4 is 11.8 Å². The van der Waals surface area contributed by atoms with Gasteiger partial charge in [-0.1, -0.05) is 44.2 Å². The van der Waals surface area contributed by atoms with Crippen molar-refractivity contribution in [1.29, 1.82) is 0 Å². The zero-order valence-corrected chi connectivity index (χ0v) is 19.2. The fourth-order valence-corrected chi connectivity index (χ4v) is 4.12. The molecule has 0 radical (unpaired) electrons. The van der Waals surface area contributed by atoms with Crippen LogP contribution in [0.4, 0.5) is 0 Å². The van der Waals surface area contributed by atoms with Crippen LogP contribution in [-0.2, 0) is 14.9 Å². The van der Waals surface area contributed by atoms with Gasteiger partial charge >= 0.3 is 0 Å². The molecular formula is C26H34N2O4. The predicted octanol–water partition coefficient (Wildman–Crippen LogP) is 3.70. The third-order valence-electron chi connectivity index (χ3n) is 6.10. The second-order valence-corrected chi connectivity index (χ2v) is 8.63. The fraction of sp³-hybridized carbons (Fsp3) is 0.462. The molecule has 1 fully saturated rings. The van der Waals surface area contributed by atoms with Gasteiger partial charge in [0.25, 0.3) is 5.91 Å². The highest BCUT2D eigenvalue weighted by molar-refractivity contribution is 5.97. The summed E-state index contributed by atoms with van der Waals surface area (Å²) in [6.45, 7) is 8.26. The number of rotatable bonds is 9. The van der Waals surface area contributed by atoms with Gasteiger partial charge in [0.15, 0.2) is 0 Å². The van der Waals surface area contributed by atoms with Gasteiger partial charge < -0.3 is 20.1 Å². The average molecular weight is 439 g/mol. The molecule has 1 aliphatic heterocycles. The molecule has 0 saturated carbocycles. The Morgan fingerprint density at radius 1 is 1.03 bits per heavy atom. The van der Waals surface area contributed by atoms with Crippen molar-refractivity contribution in [3.63, 3.8) is 0 Å². The van der Waals surface area contributed by atoms with Gasteiger partial charge in [-0.2, -0.15) is 0 Å². The molecule has 2 N–H and O–H groups in total. The maximum Gasteiger partial charge on any atom is 0.251 e. The van der Waals surface area contributed by atoms with Gasteiger partial charge in [0.2, 0.25) is 5.91 Å². The maximum atomic E-state index is 13.1. The van der Waals surface area contributed by atoms with Gasteiger partial charge in [0, 0.05) is 30.7 Å². The zero-order chi connectivity index (χ0) is 23.0. The van der Waals surface area contributed by atoms with E-state index in [1.807, 2.05) is 51.1 Å². The van der Waals surface area contributed by atoms with Gasteiger partial charge in [-0.3, -0.25) is 9.59 Å². The molecule has 1 unspecified atom stereocenters. The van der Waals surface area contributed by atoms with E-state index >= 15 is 0 Å². The van der Waals surface area contributed by atoms with Crippen molar-refractivity contribution in [3.8, 4) is 5.75 Å². The first-order chi connectivity index (χ1) is 15.4. The summed E-state index contributed by atoms with van der Waals surface area (Å²) in [5.74, 6) is 0.387. The van der Waals surface area contributed by atoms with Crippen LogP contribution in [0, 0.1) is 5.92 Å². The van der Waals surface area contributed by atoms with Gasteiger partial charge in [0.1, 0.15) is 11.8 Å². The van der Waals surface area contributed by atoms with E-state index < -0.39 is 6.04 Å². The number of carbonyl (C=O) groups excluding carboxylic acids is 2. The highest BCUT2D eigenvalue weighted by Crippen LogP contribution is 2.35. The van der Waals surface area contributed by atoms with Crippen molar-refractivity contribution in [1.82, 2.24) is 10.6 Å². The molecular weight excluding hydrogens is 404 g/mol. The van der Waals surface area contributed by atoms with Crippen molar-refractivity contribution in [2.24, 2.45) is 5.92 Å². The minimum absolute atomic E-state index is 0.0428. The lowest BCUT2D eigenvalue weighted by atomic mass is 9.74. The zero-order valence-electron chi connectivity index (χ0n) is 19.2. The molecule has 0 aromatic heterocycles. The summed E-state index contributed by atoms with van der Waals surface area (Å²) in [6.07, 6.45) is 1.65. The molecule has 32 heavy (non-hydrogen) atoms. The van der Waals surface area contributed by atoms with Crippen LogP contribution in [0.25, 0.3) is 0 Å².